The van der Waals surface area contributed by atoms with Gasteiger partial charge < -0.3 is 25.0 Å². The molecule has 0 spiro atoms. The van der Waals surface area contributed by atoms with Crippen LogP contribution in [0.5, 0.6) is 0 Å². The van der Waals surface area contributed by atoms with Crippen molar-refractivity contribution in [2.45, 2.75) is 44.2 Å². The van der Waals surface area contributed by atoms with Crippen molar-refractivity contribution < 1.29 is 22.7 Å². The minimum absolute atomic E-state index is 0.0104. The first-order valence-electron chi connectivity index (χ1n) is 11.5. The summed E-state index contributed by atoms with van der Waals surface area (Å²) in [7, 11) is -4.09. The lowest BCUT2D eigenvalue weighted by Gasteiger charge is -2.41. The summed E-state index contributed by atoms with van der Waals surface area (Å²) in [5.74, 6) is -0.358. The maximum Gasteiger partial charge on any atom is 0.285 e. The highest BCUT2D eigenvalue weighted by Crippen LogP contribution is 2.38. The SMILES string of the molecule is Cc1ccc(S(=O)(=O)/N=C2/NC=C(C3OCC(C)(C)CO3)C3NC(=O)C(c4ccccc4Cl)N23)cc1. The molecule has 0 aliphatic carbocycles. The molecule has 190 valence electrons. The Morgan fingerprint density at radius 1 is 1.08 bits per heavy atom. The van der Waals surface area contributed by atoms with Crippen molar-refractivity contribution in [1.29, 1.82) is 0 Å². The third-order valence-corrected chi connectivity index (χ3v) is 7.89. The first-order valence-corrected chi connectivity index (χ1v) is 13.3. The van der Waals surface area contributed by atoms with Crippen molar-refractivity contribution in [1.82, 2.24) is 15.5 Å². The average molecular weight is 531 g/mol. The Kier molecular flexibility index (Phi) is 6.32. The Labute approximate surface area is 215 Å². The third kappa shape index (κ3) is 4.61. The smallest absolute Gasteiger partial charge is 0.285 e. The molecule has 2 fully saturated rings. The maximum absolute atomic E-state index is 13.3. The van der Waals surface area contributed by atoms with Crippen molar-refractivity contribution in [3.8, 4) is 0 Å². The summed E-state index contributed by atoms with van der Waals surface area (Å²) in [4.78, 5) is 14.9. The van der Waals surface area contributed by atoms with Crippen LogP contribution in [0.2, 0.25) is 5.02 Å². The minimum atomic E-state index is -4.09. The first kappa shape index (κ1) is 24.8. The summed E-state index contributed by atoms with van der Waals surface area (Å²) < 4.78 is 42.4. The highest BCUT2D eigenvalue weighted by Gasteiger charge is 2.49. The number of fused-ring (bicyclic) bond motifs is 1. The Morgan fingerprint density at radius 2 is 1.75 bits per heavy atom. The number of amides is 1. The largest absolute Gasteiger partial charge is 0.348 e. The molecule has 0 aromatic heterocycles. The lowest BCUT2D eigenvalue weighted by Crippen LogP contribution is -2.54. The zero-order valence-corrected chi connectivity index (χ0v) is 21.6. The van der Waals surface area contributed by atoms with Gasteiger partial charge in [0.25, 0.3) is 10.0 Å². The minimum Gasteiger partial charge on any atom is -0.348 e. The second-order valence-electron chi connectivity index (χ2n) is 9.85. The third-order valence-electron chi connectivity index (χ3n) is 6.26. The van der Waals surface area contributed by atoms with Gasteiger partial charge in [-0.1, -0.05) is 61.3 Å². The van der Waals surface area contributed by atoms with E-state index in [0.717, 1.165) is 5.56 Å². The van der Waals surface area contributed by atoms with E-state index in [4.69, 9.17) is 21.1 Å². The predicted molar refractivity (Wildman–Crippen MR) is 134 cm³/mol. The number of halogens is 1. The van der Waals surface area contributed by atoms with Crippen molar-refractivity contribution in [3.63, 3.8) is 0 Å². The number of hydrogen-bond acceptors (Lipinski definition) is 5. The van der Waals surface area contributed by atoms with Gasteiger partial charge >= 0.3 is 0 Å². The first-order chi connectivity index (χ1) is 17.1. The predicted octanol–water partition coefficient (Wildman–Crippen LogP) is 3.08. The molecule has 36 heavy (non-hydrogen) atoms. The Bertz CT molecular complexity index is 1350. The quantitative estimate of drug-likeness (QED) is 0.625. The molecule has 3 heterocycles. The van der Waals surface area contributed by atoms with Crippen LogP contribution in [0.25, 0.3) is 0 Å². The van der Waals surface area contributed by atoms with Gasteiger partial charge in [-0.2, -0.15) is 8.42 Å². The monoisotopic (exact) mass is 530 g/mol. The van der Waals surface area contributed by atoms with Crippen LogP contribution in [-0.2, 0) is 24.3 Å². The lowest BCUT2D eigenvalue weighted by molar-refractivity contribution is -0.206. The van der Waals surface area contributed by atoms with Gasteiger partial charge in [0.15, 0.2) is 6.29 Å². The van der Waals surface area contributed by atoms with Gasteiger partial charge in [-0.05, 0) is 25.1 Å². The van der Waals surface area contributed by atoms with Crippen molar-refractivity contribution in [2.24, 2.45) is 9.81 Å². The molecule has 9 nitrogen and oxygen atoms in total. The highest BCUT2D eigenvalue weighted by molar-refractivity contribution is 7.90. The van der Waals surface area contributed by atoms with Gasteiger partial charge in [0.05, 0.1) is 18.1 Å². The Hall–Kier alpha value is -2.92. The fraction of sp³-hybridized carbons (Fsp3) is 0.360. The number of benzene rings is 2. The normalized spacial score (nSPS) is 25.2. The van der Waals surface area contributed by atoms with Gasteiger partial charge in [0, 0.05) is 27.8 Å². The van der Waals surface area contributed by atoms with Crippen LogP contribution in [0.15, 0.2) is 69.6 Å². The molecule has 2 aromatic carbocycles. The van der Waals surface area contributed by atoms with Crippen LogP contribution in [0.1, 0.15) is 31.0 Å². The summed E-state index contributed by atoms with van der Waals surface area (Å²) in [5, 5.41) is 6.30. The number of carbonyl (C=O) groups excluding carboxylic acids is 1. The van der Waals surface area contributed by atoms with Gasteiger partial charge in [-0.25, -0.2) is 0 Å². The number of nitrogens with one attached hydrogen (secondary N) is 2. The van der Waals surface area contributed by atoms with E-state index >= 15 is 0 Å². The standard InChI is InChI=1S/C25H27ClN4O5S/c1-15-8-10-16(11-9-15)36(32,33)29-24-27-12-18(23-34-13-25(2,3)14-35-23)21-28-22(31)20(30(21)24)17-6-4-5-7-19(17)26/h4-12,20-21,23H,13-14H2,1-3H3,(H,27,29)(H,28,31). The van der Waals surface area contributed by atoms with E-state index in [2.05, 4.69) is 15.0 Å². The number of rotatable bonds is 4. The van der Waals surface area contributed by atoms with Gasteiger partial charge in [-0.15, -0.1) is 4.40 Å². The fourth-order valence-electron chi connectivity index (χ4n) is 4.37. The molecule has 2 unspecified atom stereocenters. The summed E-state index contributed by atoms with van der Waals surface area (Å²) in [5.41, 5.74) is 1.90. The van der Waals surface area contributed by atoms with Gasteiger partial charge in [0.1, 0.15) is 12.2 Å². The van der Waals surface area contributed by atoms with Crippen molar-refractivity contribution >= 4 is 33.5 Å². The average Bonchev–Trinajstić information content (AvgIpc) is 3.17. The van der Waals surface area contributed by atoms with Crippen LogP contribution in [0.3, 0.4) is 0 Å². The zero-order valence-electron chi connectivity index (χ0n) is 20.1. The maximum atomic E-state index is 13.3. The number of aryl methyl sites for hydroxylation is 1. The second-order valence-corrected chi connectivity index (χ2v) is 11.9. The molecule has 2 aromatic rings. The number of nitrogens with zero attached hydrogens (tertiary/aromatic N) is 2. The van der Waals surface area contributed by atoms with Crippen LogP contribution < -0.4 is 10.6 Å². The van der Waals surface area contributed by atoms with E-state index in [1.807, 2.05) is 20.8 Å². The molecule has 0 bridgehead atoms. The Balaban J connectivity index is 1.58. The van der Waals surface area contributed by atoms with E-state index in [0.29, 0.717) is 29.4 Å². The van der Waals surface area contributed by atoms with E-state index in [1.165, 1.54) is 12.1 Å². The van der Waals surface area contributed by atoms with Crippen LogP contribution >= 0.6 is 11.6 Å². The molecule has 0 radical (unpaired) electrons. The number of guanidine groups is 1. The fourth-order valence-corrected chi connectivity index (χ4v) is 5.57. The molecule has 11 heteroatoms. The van der Waals surface area contributed by atoms with Gasteiger partial charge in [0.2, 0.25) is 11.9 Å². The number of ether oxygens (including phenoxy) is 2. The molecular formula is C25H27ClN4O5S. The number of hydrogen-bond donors (Lipinski definition) is 2. The summed E-state index contributed by atoms with van der Waals surface area (Å²) >= 11 is 6.46. The summed E-state index contributed by atoms with van der Waals surface area (Å²) in [6, 6.07) is 12.4. The van der Waals surface area contributed by atoms with Crippen molar-refractivity contribution in [2.75, 3.05) is 13.2 Å². The van der Waals surface area contributed by atoms with E-state index in [9.17, 15) is 13.2 Å². The summed E-state index contributed by atoms with van der Waals surface area (Å²) in [6.45, 7) is 6.87. The van der Waals surface area contributed by atoms with Crippen LogP contribution in [0.4, 0.5) is 0 Å². The van der Waals surface area contributed by atoms with E-state index in [1.54, 1.807) is 47.5 Å². The lowest BCUT2D eigenvalue weighted by atomic mass is 9.95. The molecular weight excluding hydrogens is 504 g/mol. The molecule has 3 aliphatic heterocycles. The summed E-state index contributed by atoms with van der Waals surface area (Å²) in [6.07, 6.45) is 0.111. The van der Waals surface area contributed by atoms with Crippen LogP contribution in [-0.4, -0.2) is 50.9 Å². The molecule has 2 N–H and O–H groups in total. The van der Waals surface area contributed by atoms with E-state index < -0.39 is 28.5 Å². The molecule has 5 rings (SSSR count). The second kappa shape index (κ2) is 9.19. The Morgan fingerprint density at radius 3 is 2.42 bits per heavy atom. The molecule has 3 aliphatic rings. The highest BCUT2D eigenvalue weighted by atomic mass is 35.5. The molecule has 2 atom stereocenters. The molecule has 2 saturated heterocycles. The van der Waals surface area contributed by atoms with Gasteiger partial charge in [-0.3, -0.25) is 4.79 Å². The number of sulfonamides is 1. The molecule has 0 saturated carbocycles. The van der Waals surface area contributed by atoms with Crippen molar-refractivity contribution in [3.05, 3.63) is 76.5 Å². The number of carbonyl (C=O) groups is 1. The zero-order chi connectivity index (χ0) is 25.7. The molecule has 1 amide bonds. The van der Waals surface area contributed by atoms with Crippen LogP contribution in [0, 0.1) is 12.3 Å². The topological polar surface area (TPSA) is 109 Å². The van der Waals surface area contributed by atoms with E-state index in [-0.39, 0.29) is 22.2 Å².